The van der Waals surface area contributed by atoms with Crippen molar-refractivity contribution in [1.29, 1.82) is 0 Å². The highest BCUT2D eigenvalue weighted by atomic mass is 127. The molecule has 1 saturated heterocycles. The van der Waals surface area contributed by atoms with Gasteiger partial charge in [0.2, 0.25) is 0 Å². The van der Waals surface area contributed by atoms with E-state index in [1.807, 2.05) is 22.6 Å². The van der Waals surface area contributed by atoms with Crippen LogP contribution in [0.25, 0.3) is 0 Å². The lowest BCUT2D eigenvalue weighted by Crippen LogP contribution is -2.33. The molecule has 0 amide bonds. The van der Waals surface area contributed by atoms with Crippen LogP contribution in [0, 0.1) is 3.57 Å². The number of aromatic nitrogens is 2. The normalized spacial score (nSPS) is 18.8. The third-order valence-corrected chi connectivity index (χ3v) is 8.63. The second-order valence-corrected chi connectivity index (χ2v) is 12.5. The number of aromatic amines is 1. The number of halogens is 1. The number of hydrogen-bond donors (Lipinski definition) is 2. The summed E-state index contributed by atoms with van der Waals surface area (Å²) in [6.07, 6.45) is 24.8. The van der Waals surface area contributed by atoms with E-state index in [9.17, 15) is 19.5 Å². The fourth-order valence-corrected chi connectivity index (χ4v) is 5.84. The van der Waals surface area contributed by atoms with E-state index in [-0.39, 0.29) is 19.0 Å². The largest absolute Gasteiger partial charge is 0.459 e. The van der Waals surface area contributed by atoms with Gasteiger partial charge in [0.05, 0.1) is 10.2 Å². The zero-order valence-corrected chi connectivity index (χ0v) is 26.8. The maximum absolute atomic E-state index is 12.4. The van der Waals surface area contributed by atoms with E-state index in [4.69, 9.17) is 9.47 Å². The fourth-order valence-electron chi connectivity index (χ4n) is 5.41. The first-order valence-electron chi connectivity index (χ1n) is 15.9. The molecule has 1 fully saturated rings. The standard InChI is InChI=1S/C31H53IN2O6/c1-2-3-4-5-6-7-8-9-10-11-12-13-14-15-16-17-18-19-20-21-29(36)40-26-22-28(39-27(26)24-35)34-23-25(32)30(37)33-31(34)38/h23,26-28,35H,2-22,24H2,1H3,(H,33,37,38)/t26-,27+,28+/m0/s1. The first-order valence-corrected chi connectivity index (χ1v) is 17.0. The third kappa shape index (κ3) is 14.1. The highest BCUT2D eigenvalue weighted by Crippen LogP contribution is 2.30. The quantitative estimate of drug-likeness (QED) is 0.0724. The van der Waals surface area contributed by atoms with Crippen LogP contribution in [-0.2, 0) is 14.3 Å². The molecule has 2 N–H and O–H groups in total. The Morgan fingerprint density at radius 3 is 1.85 bits per heavy atom. The van der Waals surface area contributed by atoms with Crippen molar-refractivity contribution in [3.63, 3.8) is 0 Å². The second-order valence-electron chi connectivity index (χ2n) is 11.3. The Morgan fingerprint density at radius 2 is 1.38 bits per heavy atom. The number of nitrogens with zero attached hydrogens (tertiary/aromatic N) is 1. The van der Waals surface area contributed by atoms with E-state index in [2.05, 4.69) is 11.9 Å². The molecule has 1 aliphatic heterocycles. The van der Waals surface area contributed by atoms with Gasteiger partial charge in [-0.05, 0) is 29.0 Å². The molecule has 0 unspecified atom stereocenters. The first kappa shape index (κ1) is 35.0. The zero-order chi connectivity index (χ0) is 29.0. The van der Waals surface area contributed by atoms with Crippen molar-refractivity contribution in [2.45, 2.75) is 160 Å². The fraction of sp³-hybridized carbons (Fsp3) is 0.839. The molecule has 0 radical (unpaired) electrons. The lowest BCUT2D eigenvalue weighted by Gasteiger charge is -2.16. The monoisotopic (exact) mass is 676 g/mol. The SMILES string of the molecule is CCCCCCCCCCCCCCCCCCCCCC(=O)O[C@H]1C[C@H](n2cc(I)c(=O)[nH]c2=O)O[C@@H]1CO. The van der Waals surface area contributed by atoms with Gasteiger partial charge in [0.25, 0.3) is 5.56 Å². The molecule has 1 aromatic heterocycles. The van der Waals surface area contributed by atoms with Crippen LogP contribution in [0.4, 0.5) is 0 Å². The first-order chi connectivity index (χ1) is 19.5. The average Bonchev–Trinajstić information content (AvgIpc) is 3.34. The summed E-state index contributed by atoms with van der Waals surface area (Å²) in [5, 5.41) is 9.66. The topological polar surface area (TPSA) is 111 Å². The van der Waals surface area contributed by atoms with Crippen LogP contribution >= 0.6 is 22.6 Å². The molecule has 40 heavy (non-hydrogen) atoms. The Hall–Kier alpha value is -1.20. The molecule has 230 valence electrons. The predicted octanol–water partition coefficient (Wildman–Crippen LogP) is 7.15. The number of hydrogen-bond acceptors (Lipinski definition) is 6. The Labute approximate surface area is 254 Å². The van der Waals surface area contributed by atoms with Gasteiger partial charge < -0.3 is 14.6 Å². The Balaban J connectivity index is 1.43. The summed E-state index contributed by atoms with van der Waals surface area (Å²) in [6.45, 7) is 1.96. The number of ether oxygens (including phenoxy) is 2. The number of aliphatic hydroxyl groups excluding tert-OH is 1. The molecular formula is C31H53IN2O6. The molecule has 2 rings (SSSR count). The molecular weight excluding hydrogens is 623 g/mol. The molecule has 1 aliphatic rings. The number of esters is 1. The average molecular weight is 677 g/mol. The van der Waals surface area contributed by atoms with Crippen molar-refractivity contribution in [2.24, 2.45) is 0 Å². The maximum atomic E-state index is 12.4. The van der Waals surface area contributed by atoms with Crippen molar-refractivity contribution in [3.05, 3.63) is 30.6 Å². The summed E-state index contributed by atoms with van der Waals surface area (Å²) >= 11 is 1.84. The van der Waals surface area contributed by atoms with Gasteiger partial charge in [0, 0.05) is 19.0 Å². The van der Waals surface area contributed by atoms with Gasteiger partial charge in [-0.2, -0.15) is 0 Å². The molecule has 3 atom stereocenters. The number of rotatable bonds is 23. The van der Waals surface area contributed by atoms with Gasteiger partial charge in [0.1, 0.15) is 18.4 Å². The lowest BCUT2D eigenvalue weighted by molar-refractivity contribution is -0.153. The summed E-state index contributed by atoms with van der Waals surface area (Å²) in [5.41, 5.74) is -1.05. The molecule has 8 nitrogen and oxygen atoms in total. The zero-order valence-electron chi connectivity index (χ0n) is 24.7. The van der Waals surface area contributed by atoms with Gasteiger partial charge in [-0.15, -0.1) is 0 Å². The number of carbonyl (C=O) groups excluding carboxylic acids is 1. The van der Waals surface area contributed by atoms with Crippen LogP contribution in [0.5, 0.6) is 0 Å². The van der Waals surface area contributed by atoms with Crippen LogP contribution in [0.3, 0.4) is 0 Å². The number of unbranched alkanes of at least 4 members (excludes halogenated alkanes) is 18. The Bertz CT molecular complexity index is 933. The van der Waals surface area contributed by atoms with E-state index < -0.39 is 29.7 Å². The third-order valence-electron chi connectivity index (χ3n) is 7.86. The Morgan fingerprint density at radius 1 is 0.900 bits per heavy atom. The van der Waals surface area contributed by atoms with Crippen LogP contribution in [0.1, 0.15) is 148 Å². The van der Waals surface area contributed by atoms with Gasteiger partial charge in [0.15, 0.2) is 0 Å². The summed E-state index contributed by atoms with van der Waals surface area (Å²) in [6, 6.07) is 0. The lowest BCUT2D eigenvalue weighted by atomic mass is 10.0. The minimum atomic E-state index is -0.706. The van der Waals surface area contributed by atoms with E-state index in [1.165, 1.54) is 113 Å². The molecule has 9 heteroatoms. The van der Waals surface area contributed by atoms with Gasteiger partial charge in [-0.25, -0.2) is 4.79 Å². The maximum Gasteiger partial charge on any atom is 0.330 e. The molecule has 0 bridgehead atoms. The van der Waals surface area contributed by atoms with Crippen LogP contribution < -0.4 is 11.2 Å². The van der Waals surface area contributed by atoms with E-state index in [0.717, 1.165) is 19.3 Å². The van der Waals surface area contributed by atoms with Gasteiger partial charge >= 0.3 is 11.7 Å². The minimum absolute atomic E-state index is 0.248. The highest BCUT2D eigenvalue weighted by Gasteiger charge is 2.39. The van der Waals surface area contributed by atoms with Crippen LogP contribution in [0.2, 0.25) is 0 Å². The number of nitrogens with one attached hydrogen (secondary N) is 1. The molecule has 0 saturated carbocycles. The molecule has 2 heterocycles. The van der Waals surface area contributed by atoms with Crippen LogP contribution in [-0.4, -0.2) is 39.4 Å². The molecule has 1 aromatic rings. The minimum Gasteiger partial charge on any atom is -0.459 e. The molecule has 0 aliphatic carbocycles. The van der Waals surface area contributed by atoms with Crippen molar-refractivity contribution in [1.82, 2.24) is 9.55 Å². The highest BCUT2D eigenvalue weighted by molar-refractivity contribution is 14.1. The van der Waals surface area contributed by atoms with E-state index in [1.54, 1.807) is 0 Å². The molecule has 0 aromatic carbocycles. The van der Waals surface area contributed by atoms with Gasteiger partial charge in [-0.1, -0.05) is 122 Å². The van der Waals surface area contributed by atoms with E-state index in [0.29, 0.717) is 9.99 Å². The summed E-state index contributed by atoms with van der Waals surface area (Å²) in [7, 11) is 0. The van der Waals surface area contributed by atoms with Crippen molar-refractivity contribution >= 4 is 28.6 Å². The predicted molar refractivity (Wildman–Crippen MR) is 168 cm³/mol. The number of carbonyl (C=O) groups is 1. The summed E-state index contributed by atoms with van der Waals surface area (Å²) in [5.74, 6) is -0.303. The molecule has 0 spiro atoms. The smallest absolute Gasteiger partial charge is 0.330 e. The van der Waals surface area contributed by atoms with Gasteiger partial charge in [-0.3, -0.25) is 19.1 Å². The van der Waals surface area contributed by atoms with E-state index >= 15 is 0 Å². The van der Waals surface area contributed by atoms with Crippen molar-refractivity contribution < 1.29 is 19.4 Å². The number of aliphatic hydroxyl groups is 1. The summed E-state index contributed by atoms with van der Waals surface area (Å²) < 4.78 is 13.0. The van der Waals surface area contributed by atoms with Crippen molar-refractivity contribution in [3.8, 4) is 0 Å². The van der Waals surface area contributed by atoms with Crippen LogP contribution in [0.15, 0.2) is 15.8 Å². The Kier molecular flexibility index (Phi) is 18.8. The summed E-state index contributed by atoms with van der Waals surface area (Å²) in [4.78, 5) is 38.4. The van der Waals surface area contributed by atoms with Crippen molar-refractivity contribution in [2.75, 3.05) is 6.61 Å². The second kappa shape index (κ2) is 21.5. The number of H-pyrrole nitrogens is 1.